The molecule has 2 aromatic heterocycles. The van der Waals surface area contributed by atoms with Gasteiger partial charge in [-0.25, -0.2) is 9.67 Å². The zero-order valence-corrected chi connectivity index (χ0v) is 10.8. The molecule has 0 aromatic carbocycles. The average Bonchev–Trinajstić information content (AvgIpc) is 3.11. The lowest BCUT2D eigenvalue weighted by molar-refractivity contribution is -0.121. The highest BCUT2D eigenvalue weighted by Gasteiger charge is 2.38. The number of nitrogens with zero attached hydrogens (tertiary/aromatic N) is 3. The number of pyridine rings is 1. The second-order valence-electron chi connectivity index (χ2n) is 4.77. The van der Waals surface area contributed by atoms with Gasteiger partial charge in [0.1, 0.15) is 5.54 Å². The Balaban J connectivity index is 1.71. The highest BCUT2D eigenvalue weighted by atomic mass is 16.5. The van der Waals surface area contributed by atoms with Crippen molar-refractivity contribution in [3.05, 3.63) is 36.8 Å². The van der Waals surface area contributed by atoms with Crippen LogP contribution in [0, 0.1) is 0 Å². The lowest BCUT2D eigenvalue weighted by Crippen LogP contribution is -2.51. The predicted molar refractivity (Wildman–Crippen MR) is 72.3 cm³/mol. The Bertz CT molecular complexity index is 588. The van der Waals surface area contributed by atoms with E-state index in [9.17, 15) is 4.79 Å². The minimum atomic E-state index is -0.944. The maximum absolute atomic E-state index is 12.1. The summed E-state index contributed by atoms with van der Waals surface area (Å²) in [5.41, 5.74) is 5.64. The van der Waals surface area contributed by atoms with Crippen LogP contribution in [0.4, 0.5) is 5.69 Å². The fourth-order valence-corrected chi connectivity index (χ4v) is 2.02. The van der Waals surface area contributed by atoms with Crippen LogP contribution >= 0.6 is 0 Å². The Kier molecular flexibility index (Phi) is 3.21. The second-order valence-corrected chi connectivity index (χ2v) is 4.77. The van der Waals surface area contributed by atoms with Gasteiger partial charge in [-0.2, -0.15) is 5.10 Å². The molecule has 20 heavy (non-hydrogen) atoms. The van der Waals surface area contributed by atoms with Gasteiger partial charge in [-0.15, -0.1) is 0 Å². The number of ether oxygens (including phenoxy) is 1. The van der Waals surface area contributed by atoms with Gasteiger partial charge >= 0.3 is 0 Å². The van der Waals surface area contributed by atoms with E-state index in [1.54, 1.807) is 35.4 Å². The van der Waals surface area contributed by atoms with Crippen molar-refractivity contribution in [2.75, 3.05) is 18.5 Å². The molecule has 1 aliphatic heterocycles. The van der Waals surface area contributed by atoms with Crippen LogP contribution in [0.1, 0.15) is 6.42 Å². The van der Waals surface area contributed by atoms with E-state index in [-0.39, 0.29) is 12.5 Å². The Labute approximate surface area is 115 Å². The number of aromatic nitrogens is 3. The van der Waals surface area contributed by atoms with Crippen molar-refractivity contribution in [3.63, 3.8) is 0 Å². The number of carbonyl (C=O) groups excluding carboxylic acids is 1. The summed E-state index contributed by atoms with van der Waals surface area (Å²) in [6.07, 6.45) is 5.58. The molecule has 0 aliphatic carbocycles. The molecule has 3 heterocycles. The first-order valence-electron chi connectivity index (χ1n) is 6.32. The summed E-state index contributed by atoms with van der Waals surface area (Å²) in [5.74, 6) is 0.434. The summed E-state index contributed by atoms with van der Waals surface area (Å²) < 4.78 is 6.81. The number of carbonyl (C=O) groups is 1. The summed E-state index contributed by atoms with van der Waals surface area (Å²) in [6.45, 7) is 0.762. The standard InChI is InChI=1S/C13H15N5O2/c14-13(4-7-20-9-13)12(19)17-10-2-3-11(15-8-10)18-6-1-5-16-18/h1-3,5-6,8H,4,7,9,14H2,(H,17,19). The van der Waals surface area contributed by atoms with Gasteiger partial charge in [0, 0.05) is 19.0 Å². The number of amides is 1. The van der Waals surface area contributed by atoms with Crippen LogP contribution in [0.15, 0.2) is 36.8 Å². The normalized spacial score (nSPS) is 21.9. The lowest BCUT2D eigenvalue weighted by Gasteiger charge is -2.20. The molecule has 0 saturated carbocycles. The van der Waals surface area contributed by atoms with Crippen LogP contribution < -0.4 is 11.1 Å². The Morgan fingerprint density at radius 2 is 2.40 bits per heavy atom. The molecule has 0 spiro atoms. The zero-order chi connectivity index (χ0) is 14.0. The summed E-state index contributed by atoms with van der Waals surface area (Å²) in [6, 6.07) is 5.35. The molecule has 1 saturated heterocycles. The maximum atomic E-state index is 12.1. The van der Waals surface area contributed by atoms with E-state index >= 15 is 0 Å². The van der Waals surface area contributed by atoms with Crippen molar-refractivity contribution < 1.29 is 9.53 Å². The summed E-state index contributed by atoms with van der Waals surface area (Å²) in [5, 5.41) is 6.84. The van der Waals surface area contributed by atoms with Crippen LogP contribution in [-0.2, 0) is 9.53 Å². The molecule has 1 fully saturated rings. The van der Waals surface area contributed by atoms with Crippen LogP contribution in [0.3, 0.4) is 0 Å². The minimum Gasteiger partial charge on any atom is -0.379 e. The van der Waals surface area contributed by atoms with Crippen LogP contribution in [-0.4, -0.2) is 39.4 Å². The third-order valence-corrected chi connectivity index (χ3v) is 3.25. The molecule has 1 unspecified atom stereocenters. The summed E-state index contributed by atoms with van der Waals surface area (Å²) in [4.78, 5) is 16.3. The van der Waals surface area contributed by atoms with Crippen molar-refractivity contribution in [2.45, 2.75) is 12.0 Å². The molecular formula is C13H15N5O2. The van der Waals surface area contributed by atoms with Gasteiger partial charge in [-0.1, -0.05) is 0 Å². The van der Waals surface area contributed by atoms with Crippen molar-refractivity contribution in [3.8, 4) is 5.82 Å². The van der Waals surface area contributed by atoms with E-state index in [1.807, 2.05) is 6.07 Å². The molecule has 1 amide bonds. The number of nitrogens with two attached hydrogens (primary N) is 1. The van der Waals surface area contributed by atoms with Crippen molar-refractivity contribution >= 4 is 11.6 Å². The van der Waals surface area contributed by atoms with Gasteiger partial charge < -0.3 is 15.8 Å². The monoisotopic (exact) mass is 273 g/mol. The van der Waals surface area contributed by atoms with Crippen molar-refractivity contribution in [1.82, 2.24) is 14.8 Å². The van der Waals surface area contributed by atoms with Gasteiger partial charge in [0.15, 0.2) is 5.82 Å². The molecule has 1 atom stereocenters. The van der Waals surface area contributed by atoms with Crippen LogP contribution in [0.25, 0.3) is 5.82 Å². The molecule has 104 valence electrons. The molecule has 3 N–H and O–H groups in total. The van der Waals surface area contributed by atoms with Crippen molar-refractivity contribution in [1.29, 1.82) is 0 Å². The molecule has 0 radical (unpaired) electrons. The van der Waals surface area contributed by atoms with Gasteiger partial charge in [0.25, 0.3) is 0 Å². The number of nitrogens with one attached hydrogen (secondary N) is 1. The summed E-state index contributed by atoms with van der Waals surface area (Å²) in [7, 11) is 0. The first kappa shape index (κ1) is 12.8. The highest BCUT2D eigenvalue weighted by Crippen LogP contribution is 2.18. The van der Waals surface area contributed by atoms with Gasteiger partial charge in [0.2, 0.25) is 5.91 Å². The third-order valence-electron chi connectivity index (χ3n) is 3.25. The molecule has 1 aliphatic rings. The van der Waals surface area contributed by atoms with E-state index in [1.165, 1.54) is 0 Å². The zero-order valence-electron chi connectivity index (χ0n) is 10.8. The topological polar surface area (TPSA) is 95.1 Å². The maximum Gasteiger partial charge on any atom is 0.246 e. The van der Waals surface area contributed by atoms with Gasteiger partial charge in [-0.05, 0) is 24.6 Å². The van der Waals surface area contributed by atoms with E-state index in [0.29, 0.717) is 24.5 Å². The van der Waals surface area contributed by atoms with Crippen molar-refractivity contribution in [2.24, 2.45) is 5.73 Å². The largest absolute Gasteiger partial charge is 0.379 e. The lowest BCUT2D eigenvalue weighted by atomic mass is 9.99. The van der Waals surface area contributed by atoms with E-state index in [2.05, 4.69) is 15.4 Å². The number of anilines is 1. The molecular weight excluding hydrogens is 258 g/mol. The van der Waals surface area contributed by atoms with Crippen LogP contribution in [0.5, 0.6) is 0 Å². The fourth-order valence-electron chi connectivity index (χ4n) is 2.02. The molecule has 2 aromatic rings. The number of hydrogen-bond acceptors (Lipinski definition) is 5. The van der Waals surface area contributed by atoms with E-state index in [4.69, 9.17) is 10.5 Å². The summed E-state index contributed by atoms with van der Waals surface area (Å²) >= 11 is 0. The SMILES string of the molecule is NC1(C(=O)Nc2ccc(-n3cccn3)nc2)CCOC1. The molecule has 0 bridgehead atoms. The predicted octanol–water partition coefficient (Wildman–Crippen LogP) is 0.324. The second kappa shape index (κ2) is 5.03. The first-order valence-corrected chi connectivity index (χ1v) is 6.32. The van der Waals surface area contributed by atoms with Gasteiger partial charge in [0.05, 0.1) is 18.5 Å². The quantitative estimate of drug-likeness (QED) is 0.840. The van der Waals surface area contributed by atoms with Crippen LogP contribution in [0.2, 0.25) is 0 Å². The Hall–Kier alpha value is -2.25. The van der Waals surface area contributed by atoms with E-state index in [0.717, 1.165) is 0 Å². The smallest absolute Gasteiger partial charge is 0.246 e. The Morgan fingerprint density at radius 3 is 3.00 bits per heavy atom. The number of hydrogen-bond donors (Lipinski definition) is 2. The van der Waals surface area contributed by atoms with Gasteiger partial charge in [-0.3, -0.25) is 4.79 Å². The molecule has 7 nitrogen and oxygen atoms in total. The highest BCUT2D eigenvalue weighted by molar-refractivity contribution is 5.98. The first-order chi connectivity index (χ1) is 9.67. The molecule has 3 rings (SSSR count). The Morgan fingerprint density at radius 1 is 1.50 bits per heavy atom. The minimum absolute atomic E-state index is 0.247. The molecule has 7 heteroatoms. The number of rotatable bonds is 3. The van der Waals surface area contributed by atoms with E-state index < -0.39 is 5.54 Å². The average molecular weight is 273 g/mol. The fraction of sp³-hybridized carbons (Fsp3) is 0.308. The third kappa shape index (κ3) is 2.40.